The third-order valence-electron chi connectivity index (χ3n) is 4.89. The fourth-order valence-electron chi connectivity index (χ4n) is 3.14. The first-order valence-electron chi connectivity index (χ1n) is 9.38. The molecule has 1 heterocycles. The van der Waals surface area contributed by atoms with Gasteiger partial charge in [0.2, 0.25) is 10.0 Å². The molecule has 0 bridgehead atoms. The molecule has 3 rings (SSSR count). The van der Waals surface area contributed by atoms with Gasteiger partial charge in [-0.2, -0.15) is 0 Å². The molecule has 0 aliphatic carbocycles. The summed E-state index contributed by atoms with van der Waals surface area (Å²) >= 11 is 0. The predicted octanol–water partition coefficient (Wildman–Crippen LogP) is 2.33. The molecular formula is C21H26N2O5S. The highest BCUT2D eigenvalue weighted by atomic mass is 32.2. The zero-order valence-corrected chi connectivity index (χ0v) is 17.9. The molecule has 1 amide bonds. The van der Waals surface area contributed by atoms with Gasteiger partial charge in [0, 0.05) is 0 Å². The van der Waals surface area contributed by atoms with E-state index < -0.39 is 16.1 Å². The van der Waals surface area contributed by atoms with Crippen LogP contribution in [0, 0.1) is 20.8 Å². The average Bonchev–Trinajstić information content (AvgIpc) is 2.66. The molecule has 1 aliphatic rings. The summed E-state index contributed by atoms with van der Waals surface area (Å²) in [4.78, 5) is 12.6. The summed E-state index contributed by atoms with van der Waals surface area (Å²) in [5.74, 6) is 0.782. The summed E-state index contributed by atoms with van der Waals surface area (Å²) in [5.41, 5.74) is 3.56. The van der Waals surface area contributed by atoms with Crippen LogP contribution in [0.3, 0.4) is 0 Å². The highest BCUT2D eigenvalue weighted by Gasteiger charge is 2.34. The van der Waals surface area contributed by atoms with Crippen molar-refractivity contribution in [3.8, 4) is 11.5 Å². The van der Waals surface area contributed by atoms with Gasteiger partial charge in [-0.1, -0.05) is 18.2 Å². The number of anilines is 1. The molecule has 0 aromatic heterocycles. The van der Waals surface area contributed by atoms with Crippen LogP contribution in [0.4, 0.5) is 5.69 Å². The third kappa shape index (κ3) is 4.82. The SMILES string of the molecule is Cc1ccc2c(c1)O[C@@H](C(=O)NCCOc1cccc(C)c1C)CN2S(C)(=O)=O. The number of amides is 1. The summed E-state index contributed by atoms with van der Waals surface area (Å²) in [5, 5.41) is 2.76. The number of aryl methyl sites for hydroxylation is 2. The van der Waals surface area contributed by atoms with Crippen LogP contribution in [0.5, 0.6) is 11.5 Å². The molecule has 0 saturated heterocycles. The molecule has 0 spiro atoms. The number of hydrogen-bond acceptors (Lipinski definition) is 5. The van der Waals surface area contributed by atoms with E-state index in [1.807, 2.05) is 45.0 Å². The topological polar surface area (TPSA) is 84.9 Å². The Labute approximate surface area is 171 Å². The first-order valence-corrected chi connectivity index (χ1v) is 11.2. The molecule has 1 aliphatic heterocycles. The molecular weight excluding hydrogens is 392 g/mol. The molecule has 0 unspecified atom stereocenters. The standard InChI is InChI=1S/C21H26N2O5S/c1-14-8-9-17-19(12-14)28-20(13-23(17)29(4,25)26)21(24)22-10-11-27-18-7-5-6-15(2)16(18)3/h5-9,12,20H,10-11,13H2,1-4H3,(H,22,24)/t20-/m1/s1. The minimum absolute atomic E-state index is 0.0709. The lowest BCUT2D eigenvalue weighted by atomic mass is 10.1. The molecule has 2 aromatic rings. The van der Waals surface area contributed by atoms with Crippen molar-refractivity contribution in [3.05, 3.63) is 53.1 Å². The van der Waals surface area contributed by atoms with E-state index in [4.69, 9.17) is 9.47 Å². The Bertz CT molecular complexity index is 1020. The van der Waals surface area contributed by atoms with E-state index in [1.54, 1.807) is 12.1 Å². The Kier molecular flexibility index (Phi) is 6.02. The maximum Gasteiger partial charge on any atom is 0.263 e. The highest BCUT2D eigenvalue weighted by Crippen LogP contribution is 2.35. The second-order valence-electron chi connectivity index (χ2n) is 7.21. The Morgan fingerprint density at radius 2 is 2.00 bits per heavy atom. The summed E-state index contributed by atoms with van der Waals surface area (Å²) < 4.78 is 37.1. The smallest absolute Gasteiger partial charge is 0.263 e. The number of hydrogen-bond donors (Lipinski definition) is 1. The van der Waals surface area contributed by atoms with E-state index in [9.17, 15) is 13.2 Å². The van der Waals surface area contributed by atoms with E-state index in [2.05, 4.69) is 5.32 Å². The van der Waals surface area contributed by atoms with Crippen LogP contribution in [-0.4, -0.2) is 46.4 Å². The minimum Gasteiger partial charge on any atom is -0.491 e. The zero-order valence-electron chi connectivity index (χ0n) is 17.1. The van der Waals surface area contributed by atoms with Gasteiger partial charge in [-0.05, 0) is 55.7 Å². The number of fused-ring (bicyclic) bond motifs is 1. The number of carbonyl (C=O) groups is 1. The lowest BCUT2D eigenvalue weighted by molar-refractivity contribution is -0.127. The maximum atomic E-state index is 12.6. The summed E-state index contributed by atoms with van der Waals surface area (Å²) in [6.07, 6.45) is 0.189. The number of carbonyl (C=O) groups excluding carboxylic acids is 1. The van der Waals surface area contributed by atoms with Crippen LogP contribution >= 0.6 is 0 Å². The lowest BCUT2D eigenvalue weighted by Crippen LogP contribution is -2.51. The summed E-state index contributed by atoms with van der Waals surface area (Å²) in [6, 6.07) is 11.1. The van der Waals surface area contributed by atoms with Gasteiger partial charge in [0.05, 0.1) is 25.0 Å². The Morgan fingerprint density at radius 1 is 1.24 bits per heavy atom. The van der Waals surface area contributed by atoms with Crippen molar-refractivity contribution in [2.45, 2.75) is 26.9 Å². The monoisotopic (exact) mass is 418 g/mol. The second kappa shape index (κ2) is 8.32. The van der Waals surface area contributed by atoms with E-state index in [-0.39, 0.29) is 19.0 Å². The van der Waals surface area contributed by atoms with Crippen molar-refractivity contribution in [2.75, 3.05) is 30.3 Å². The number of sulfonamides is 1. The number of benzene rings is 2. The Hall–Kier alpha value is -2.74. The molecule has 0 saturated carbocycles. The van der Waals surface area contributed by atoms with Gasteiger partial charge in [0.15, 0.2) is 6.10 Å². The zero-order chi connectivity index (χ0) is 21.2. The van der Waals surface area contributed by atoms with Gasteiger partial charge >= 0.3 is 0 Å². The van der Waals surface area contributed by atoms with Crippen molar-refractivity contribution in [2.24, 2.45) is 0 Å². The van der Waals surface area contributed by atoms with Gasteiger partial charge in [0.25, 0.3) is 5.91 Å². The largest absolute Gasteiger partial charge is 0.491 e. The quantitative estimate of drug-likeness (QED) is 0.728. The molecule has 8 heteroatoms. The molecule has 7 nitrogen and oxygen atoms in total. The summed E-state index contributed by atoms with van der Waals surface area (Å²) in [6.45, 7) is 6.39. The van der Waals surface area contributed by atoms with E-state index in [0.717, 1.165) is 28.7 Å². The molecule has 1 atom stereocenters. The van der Waals surface area contributed by atoms with Crippen LogP contribution in [-0.2, 0) is 14.8 Å². The van der Waals surface area contributed by atoms with Crippen molar-refractivity contribution >= 4 is 21.6 Å². The molecule has 156 valence electrons. The van der Waals surface area contributed by atoms with Crippen LogP contribution < -0.4 is 19.1 Å². The van der Waals surface area contributed by atoms with Gasteiger partial charge in [-0.15, -0.1) is 0 Å². The Balaban J connectivity index is 1.63. The Morgan fingerprint density at radius 3 is 2.72 bits per heavy atom. The van der Waals surface area contributed by atoms with Crippen molar-refractivity contribution in [1.82, 2.24) is 5.32 Å². The number of ether oxygens (including phenoxy) is 2. The molecule has 0 fully saturated rings. The van der Waals surface area contributed by atoms with E-state index >= 15 is 0 Å². The van der Waals surface area contributed by atoms with Gasteiger partial charge < -0.3 is 14.8 Å². The van der Waals surface area contributed by atoms with Crippen LogP contribution in [0.15, 0.2) is 36.4 Å². The molecule has 29 heavy (non-hydrogen) atoms. The van der Waals surface area contributed by atoms with Crippen LogP contribution in [0.2, 0.25) is 0 Å². The fraction of sp³-hybridized carbons (Fsp3) is 0.381. The van der Waals surface area contributed by atoms with Gasteiger partial charge in [0.1, 0.15) is 18.1 Å². The fourth-order valence-corrected chi connectivity index (χ4v) is 4.06. The number of nitrogens with one attached hydrogen (secondary N) is 1. The van der Waals surface area contributed by atoms with Gasteiger partial charge in [-0.3, -0.25) is 9.10 Å². The van der Waals surface area contributed by atoms with Crippen molar-refractivity contribution in [3.63, 3.8) is 0 Å². The average molecular weight is 419 g/mol. The van der Waals surface area contributed by atoms with Crippen LogP contribution in [0.1, 0.15) is 16.7 Å². The minimum atomic E-state index is -3.54. The van der Waals surface area contributed by atoms with E-state index in [1.165, 1.54) is 4.31 Å². The normalized spacial score (nSPS) is 16.0. The second-order valence-corrected chi connectivity index (χ2v) is 9.12. The maximum absolute atomic E-state index is 12.6. The van der Waals surface area contributed by atoms with Crippen LogP contribution in [0.25, 0.3) is 0 Å². The third-order valence-corrected chi connectivity index (χ3v) is 6.04. The first-order chi connectivity index (χ1) is 13.7. The predicted molar refractivity (Wildman–Crippen MR) is 112 cm³/mol. The first kappa shape index (κ1) is 21.0. The number of rotatable bonds is 6. The number of nitrogens with zero attached hydrogens (tertiary/aromatic N) is 1. The summed E-state index contributed by atoms with van der Waals surface area (Å²) in [7, 11) is -3.54. The van der Waals surface area contributed by atoms with Crippen molar-refractivity contribution < 1.29 is 22.7 Å². The molecule has 2 aromatic carbocycles. The van der Waals surface area contributed by atoms with Gasteiger partial charge in [-0.25, -0.2) is 8.42 Å². The van der Waals surface area contributed by atoms with Crippen molar-refractivity contribution in [1.29, 1.82) is 0 Å². The van der Waals surface area contributed by atoms with E-state index in [0.29, 0.717) is 18.0 Å². The lowest BCUT2D eigenvalue weighted by Gasteiger charge is -2.34. The highest BCUT2D eigenvalue weighted by molar-refractivity contribution is 7.92. The molecule has 0 radical (unpaired) electrons. The molecule has 1 N–H and O–H groups in total.